The number of anilines is 1. The lowest BCUT2D eigenvalue weighted by Gasteiger charge is -2.11. The van der Waals surface area contributed by atoms with Crippen LogP contribution in [0.5, 0.6) is 0 Å². The topological polar surface area (TPSA) is 130 Å². The quantitative estimate of drug-likeness (QED) is 0.610. The molecule has 0 spiro atoms. The highest BCUT2D eigenvalue weighted by molar-refractivity contribution is 5.99. The normalized spacial score (nSPS) is 20.2. The minimum atomic E-state index is -1.27. The summed E-state index contributed by atoms with van der Waals surface area (Å²) in [5.41, 5.74) is 5.38. The highest BCUT2D eigenvalue weighted by Crippen LogP contribution is 2.21. The van der Waals surface area contributed by atoms with Crippen molar-refractivity contribution in [2.75, 3.05) is 5.32 Å². The van der Waals surface area contributed by atoms with E-state index in [0.717, 1.165) is 6.07 Å². The van der Waals surface area contributed by atoms with E-state index >= 15 is 0 Å². The number of hydrogen-bond acceptors (Lipinski definition) is 4. The lowest BCUT2D eigenvalue weighted by molar-refractivity contribution is -0.118. The molecule has 2 unspecified atom stereocenters. The fourth-order valence-corrected chi connectivity index (χ4v) is 2.10. The van der Waals surface area contributed by atoms with Gasteiger partial charge in [0.25, 0.3) is 0 Å². The van der Waals surface area contributed by atoms with E-state index in [1.54, 1.807) is 12.2 Å². The highest BCUT2D eigenvalue weighted by atomic mass is 16.4. The second-order valence-corrected chi connectivity index (χ2v) is 4.79. The van der Waals surface area contributed by atoms with Gasteiger partial charge in [-0.3, -0.25) is 4.79 Å². The van der Waals surface area contributed by atoms with E-state index in [9.17, 15) is 14.4 Å². The Bertz CT molecular complexity index is 606. The van der Waals surface area contributed by atoms with Crippen molar-refractivity contribution in [3.8, 4) is 0 Å². The van der Waals surface area contributed by atoms with Crippen molar-refractivity contribution in [1.82, 2.24) is 0 Å². The SMILES string of the molecule is NC1C=CC(C(=O)Nc2cc(C(=O)O)cc(C(=O)O)c2)C1. The average Bonchev–Trinajstić information content (AvgIpc) is 2.85. The number of rotatable bonds is 4. The fraction of sp³-hybridized carbons (Fsp3) is 0.214. The Morgan fingerprint density at radius 3 is 2.05 bits per heavy atom. The summed E-state index contributed by atoms with van der Waals surface area (Å²) < 4.78 is 0. The molecule has 0 radical (unpaired) electrons. The predicted molar refractivity (Wildman–Crippen MR) is 74.2 cm³/mol. The number of benzene rings is 1. The van der Waals surface area contributed by atoms with Gasteiger partial charge in [-0.15, -0.1) is 0 Å². The molecule has 2 rings (SSSR count). The summed E-state index contributed by atoms with van der Waals surface area (Å²) >= 11 is 0. The third kappa shape index (κ3) is 3.46. The van der Waals surface area contributed by atoms with Gasteiger partial charge in [0.15, 0.2) is 0 Å². The molecule has 0 aromatic heterocycles. The molecule has 7 nitrogen and oxygen atoms in total. The number of aromatic carboxylic acids is 2. The van der Waals surface area contributed by atoms with Gasteiger partial charge in [-0.25, -0.2) is 9.59 Å². The minimum absolute atomic E-state index is 0.131. The van der Waals surface area contributed by atoms with Crippen molar-refractivity contribution in [3.63, 3.8) is 0 Å². The van der Waals surface area contributed by atoms with E-state index < -0.39 is 17.9 Å². The molecular formula is C14H14N2O5. The van der Waals surface area contributed by atoms with Gasteiger partial charge in [-0.2, -0.15) is 0 Å². The molecule has 0 saturated heterocycles. The van der Waals surface area contributed by atoms with Crippen molar-refractivity contribution in [2.45, 2.75) is 12.5 Å². The van der Waals surface area contributed by atoms with Crippen molar-refractivity contribution in [1.29, 1.82) is 0 Å². The number of carbonyl (C=O) groups is 3. The summed E-state index contributed by atoms with van der Waals surface area (Å²) in [6, 6.07) is 3.28. The molecule has 0 heterocycles. The third-order valence-electron chi connectivity index (χ3n) is 3.15. The van der Waals surface area contributed by atoms with Gasteiger partial charge in [0, 0.05) is 11.7 Å². The van der Waals surface area contributed by atoms with Crippen LogP contribution in [0.3, 0.4) is 0 Å². The molecule has 1 aliphatic rings. The van der Waals surface area contributed by atoms with E-state index in [2.05, 4.69) is 5.32 Å². The maximum atomic E-state index is 12.0. The summed E-state index contributed by atoms with van der Waals surface area (Å²) in [7, 11) is 0. The second-order valence-electron chi connectivity index (χ2n) is 4.79. The van der Waals surface area contributed by atoms with Gasteiger partial charge < -0.3 is 21.3 Å². The number of nitrogens with two attached hydrogens (primary N) is 1. The molecule has 0 aliphatic heterocycles. The maximum Gasteiger partial charge on any atom is 0.335 e. The first-order valence-electron chi connectivity index (χ1n) is 6.23. The summed E-state index contributed by atoms with van der Waals surface area (Å²) in [5.74, 6) is -3.28. The summed E-state index contributed by atoms with van der Waals surface area (Å²) in [6.07, 6.45) is 3.87. The Labute approximate surface area is 120 Å². The van der Waals surface area contributed by atoms with Crippen LogP contribution < -0.4 is 11.1 Å². The van der Waals surface area contributed by atoms with Crippen LogP contribution in [0, 0.1) is 5.92 Å². The Kier molecular flexibility index (Phi) is 4.04. The number of nitrogens with one attached hydrogen (secondary N) is 1. The first-order chi connectivity index (χ1) is 9.86. The molecule has 21 heavy (non-hydrogen) atoms. The van der Waals surface area contributed by atoms with Crippen molar-refractivity contribution in [3.05, 3.63) is 41.5 Å². The van der Waals surface area contributed by atoms with Gasteiger partial charge in [0.05, 0.1) is 17.0 Å². The van der Waals surface area contributed by atoms with Crippen molar-refractivity contribution < 1.29 is 24.6 Å². The van der Waals surface area contributed by atoms with E-state index in [-0.39, 0.29) is 28.8 Å². The van der Waals surface area contributed by atoms with Crippen molar-refractivity contribution >= 4 is 23.5 Å². The van der Waals surface area contributed by atoms with Crippen molar-refractivity contribution in [2.24, 2.45) is 11.7 Å². The number of carboxylic acids is 2. The molecule has 5 N–H and O–H groups in total. The van der Waals surface area contributed by atoms with E-state index in [1.807, 2.05) is 0 Å². The minimum Gasteiger partial charge on any atom is -0.478 e. The van der Waals surface area contributed by atoms with Crippen LogP contribution in [0.25, 0.3) is 0 Å². The Balaban J connectivity index is 2.23. The van der Waals surface area contributed by atoms with Gasteiger partial charge in [0.1, 0.15) is 0 Å². The zero-order valence-corrected chi connectivity index (χ0v) is 10.9. The molecule has 1 aromatic carbocycles. The van der Waals surface area contributed by atoms with Crippen LogP contribution in [-0.2, 0) is 4.79 Å². The van der Waals surface area contributed by atoms with Crippen LogP contribution >= 0.6 is 0 Å². The smallest absolute Gasteiger partial charge is 0.335 e. The Hall–Kier alpha value is -2.67. The van der Waals surface area contributed by atoms with Crippen LogP contribution in [0.1, 0.15) is 27.1 Å². The fourth-order valence-electron chi connectivity index (χ4n) is 2.10. The molecule has 0 saturated carbocycles. The van der Waals surface area contributed by atoms with Crippen LogP contribution in [0.2, 0.25) is 0 Å². The zero-order valence-electron chi connectivity index (χ0n) is 10.9. The van der Waals surface area contributed by atoms with Gasteiger partial charge >= 0.3 is 11.9 Å². The zero-order chi connectivity index (χ0) is 15.6. The number of carbonyl (C=O) groups excluding carboxylic acids is 1. The lowest BCUT2D eigenvalue weighted by Crippen LogP contribution is -2.24. The molecule has 110 valence electrons. The molecule has 0 bridgehead atoms. The van der Waals surface area contributed by atoms with Gasteiger partial charge in [-0.05, 0) is 24.6 Å². The van der Waals surface area contributed by atoms with Crippen LogP contribution in [0.4, 0.5) is 5.69 Å². The average molecular weight is 290 g/mol. The lowest BCUT2D eigenvalue weighted by atomic mass is 10.1. The van der Waals surface area contributed by atoms with E-state index in [1.165, 1.54) is 12.1 Å². The standard InChI is InChI=1S/C14H14N2O5/c15-10-2-1-7(4-10)12(17)16-11-5-8(13(18)19)3-9(6-11)14(20)21/h1-3,5-7,10H,4,15H2,(H,16,17)(H,18,19)(H,20,21). The number of carboxylic acid groups (broad SMARTS) is 2. The predicted octanol–water partition coefficient (Wildman–Crippen LogP) is 0.925. The third-order valence-corrected chi connectivity index (χ3v) is 3.15. The largest absolute Gasteiger partial charge is 0.478 e. The van der Waals surface area contributed by atoms with Gasteiger partial charge in [0.2, 0.25) is 5.91 Å². The van der Waals surface area contributed by atoms with Crippen LogP contribution in [0.15, 0.2) is 30.4 Å². The number of amides is 1. The highest BCUT2D eigenvalue weighted by Gasteiger charge is 2.23. The molecule has 1 amide bonds. The molecule has 0 fully saturated rings. The van der Waals surface area contributed by atoms with Crippen LogP contribution in [-0.4, -0.2) is 34.1 Å². The first-order valence-corrected chi connectivity index (χ1v) is 6.23. The molecule has 1 aliphatic carbocycles. The first kappa shape index (κ1) is 14.7. The Morgan fingerprint density at radius 2 is 1.62 bits per heavy atom. The summed E-state index contributed by atoms with van der Waals surface area (Å²) in [6.45, 7) is 0. The molecule has 2 atom stereocenters. The van der Waals surface area contributed by atoms with E-state index in [0.29, 0.717) is 6.42 Å². The molecule has 1 aromatic rings. The summed E-state index contributed by atoms with van der Waals surface area (Å²) in [5, 5.41) is 20.4. The Morgan fingerprint density at radius 1 is 1.05 bits per heavy atom. The molecular weight excluding hydrogens is 276 g/mol. The summed E-state index contributed by atoms with van der Waals surface area (Å²) in [4.78, 5) is 34.0. The van der Waals surface area contributed by atoms with E-state index in [4.69, 9.17) is 15.9 Å². The number of hydrogen-bond donors (Lipinski definition) is 4. The maximum absolute atomic E-state index is 12.0. The second kappa shape index (κ2) is 5.76. The van der Waals surface area contributed by atoms with Gasteiger partial charge in [-0.1, -0.05) is 12.2 Å². The molecule has 7 heteroatoms. The monoisotopic (exact) mass is 290 g/mol.